The first-order valence-electron chi connectivity index (χ1n) is 8.34. The number of rotatable bonds is 2. The Morgan fingerprint density at radius 2 is 2.00 bits per heavy atom. The molecule has 8 nitrogen and oxygen atoms in total. The van der Waals surface area contributed by atoms with Gasteiger partial charge in [-0.1, -0.05) is 26.0 Å². The standard InChI is InChI=1S/C18H19N5O3/c1-18(2)7-11-13(12(24)8-18)14(23-17(20-11)21-16(19)22-23)9-3-5-10(6-4-9)15(25)26/h3-6,14H,7-8H2,1-2H3,(H,25,26)(H3,19,20,21,22). The molecule has 1 atom stereocenters. The summed E-state index contributed by atoms with van der Waals surface area (Å²) in [6.07, 6.45) is 1.15. The largest absolute Gasteiger partial charge is 0.478 e. The van der Waals surface area contributed by atoms with E-state index >= 15 is 0 Å². The molecule has 26 heavy (non-hydrogen) atoms. The number of nitrogens with zero attached hydrogens (tertiary/aromatic N) is 3. The summed E-state index contributed by atoms with van der Waals surface area (Å²) in [5.74, 6) is -0.344. The number of hydrogen-bond donors (Lipinski definition) is 3. The number of nitrogen functional groups attached to an aromatic ring is 1. The number of fused-ring (bicyclic) bond motifs is 1. The second-order valence-corrected chi connectivity index (χ2v) is 7.53. The van der Waals surface area contributed by atoms with Crippen LogP contribution in [0.25, 0.3) is 0 Å². The number of carboxylic acids is 1. The number of aromatic nitrogens is 3. The summed E-state index contributed by atoms with van der Waals surface area (Å²) in [6, 6.07) is 5.99. The number of aromatic carboxylic acids is 1. The zero-order valence-electron chi connectivity index (χ0n) is 14.5. The number of benzene rings is 1. The molecule has 0 radical (unpaired) electrons. The molecule has 8 heteroatoms. The number of anilines is 2. The third-order valence-corrected chi connectivity index (χ3v) is 4.82. The Balaban J connectivity index is 1.87. The highest BCUT2D eigenvalue weighted by molar-refractivity contribution is 6.00. The van der Waals surface area contributed by atoms with Crippen LogP contribution in [0, 0.1) is 5.41 Å². The van der Waals surface area contributed by atoms with Gasteiger partial charge in [-0.2, -0.15) is 4.98 Å². The van der Waals surface area contributed by atoms with Gasteiger partial charge in [0.2, 0.25) is 11.9 Å². The molecule has 2 aliphatic rings. The van der Waals surface area contributed by atoms with Gasteiger partial charge in [-0.25, -0.2) is 9.48 Å². The number of nitrogens with two attached hydrogens (primary N) is 1. The van der Waals surface area contributed by atoms with Crippen molar-refractivity contribution >= 4 is 23.6 Å². The fraction of sp³-hybridized carbons (Fsp3) is 0.333. The summed E-state index contributed by atoms with van der Waals surface area (Å²) in [7, 11) is 0. The van der Waals surface area contributed by atoms with Gasteiger partial charge in [-0.05, 0) is 29.5 Å². The molecule has 0 fully saturated rings. The molecule has 2 aromatic rings. The first kappa shape index (κ1) is 16.3. The quantitative estimate of drug-likeness (QED) is 0.756. The summed E-state index contributed by atoms with van der Waals surface area (Å²) in [5, 5.41) is 16.6. The second kappa shape index (κ2) is 5.42. The fourth-order valence-corrected chi connectivity index (χ4v) is 3.74. The highest BCUT2D eigenvalue weighted by Crippen LogP contribution is 2.45. The predicted octanol–water partition coefficient (Wildman–Crippen LogP) is 2.22. The minimum absolute atomic E-state index is 0.0517. The van der Waals surface area contributed by atoms with Gasteiger partial charge in [-0.15, -0.1) is 5.10 Å². The van der Waals surface area contributed by atoms with Crippen molar-refractivity contribution in [3.05, 3.63) is 46.7 Å². The predicted molar refractivity (Wildman–Crippen MR) is 94.6 cm³/mol. The molecule has 0 bridgehead atoms. The zero-order chi connectivity index (χ0) is 18.6. The SMILES string of the molecule is CC1(C)CC(=O)C2=C(C1)Nc1nc(N)nn1C2c1ccc(C(=O)O)cc1. The lowest BCUT2D eigenvalue weighted by atomic mass is 9.73. The number of carbonyl (C=O) groups is 2. The highest BCUT2D eigenvalue weighted by Gasteiger charge is 2.41. The van der Waals surface area contributed by atoms with E-state index in [1.54, 1.807) is 16.8 Å². The minimum atomic E-state index is -0.997. The smallest absolute Gasteiger partial charge is 0.335 e. The Morgan fingerprint density at radius 3 is 2.65 bits per heavy atom. The Hall–Kier alpha value is -3.16. The van der Waals surface area contributed by atoms with Crippen molar-refractivity contribution < 1.29 is 14.7 Å². The average molecular weight is 353 g/mol. The number of nitrogens with one attached hydrogen (secondary N) is 1. The van der Waals surface area contributed by atoms with Crippen LogP contribution in [0.2, 0.25) is 0 Å². The van der Waals surface area contributed by atoms with Crippen LogP contribution in [-0.4, -0.2) is 31.6 Å². The first-order chi connectivity index (χ1) is 12.2. The van der Waals surface area contributed by atoms with Gasteiger partial charge < -0.3 is 16.2 Å². The number of hydrogen-bond acceptors (Lipinski definition) is 6. The van der Waals surface area contributed by atoms with E-state index in [4.69, 9.17) is 10.8 Å². The van der Waals surface area contributed by atoms with Gasteiger partial charge in [0.25, 0.3) is 0 Å². The van der Waals surface area contributed by atoms with Crippen molar-refractivity contribution in [2.45, 2.75) is 32.7 Å². The lowest BCUT2D eigenvalue weighted by molar-refractivity contribution is -0.118. The summed E-state index contributed by atoms with van der Waals surface area (Å²) < 4.78 is 1.60. The molecule has 1 unspecified atom stereocenters. The molecule has 1 aromatic carbocycles. The molecule has 0 saturated carbocycles. The molecule has 1 aliphatic heterocycles. The number of Topliss-reactive ketones (excluding diaryl/α,β-unsaturated/α-hetero) is 1. The van der Waals surface area contributed by atoms with E-state index in [-0.39, 0.29) is 22.7 Å². The van der Waals surface area contributed by atoms with Crippen molar-refractivity contribution in [3.63, 3.8) is 0 Å². The number of carbonyl (C=O) groups excluding carboxylic acids is 1. The van der Waals surface area contributed by atoms with E-state index in [9.17, 15) is 9.59 Å². The molecule has 0 amide bonds. The van der Waals surface area contributed by atoms with Crippen LogP contribution in [0.15, 0.2) is 35.5 Å². The number of carboxylic acid groups (broad SMARTS) is 1. The molecule has 134 valence electrons. The van der Waals surface area contributed by atoms with Crippen molar-refractivity contribution in [1.82, 2.24) is 14.8 Å². The number of allylic oxidation sites excluding steroid dienone is 2. The monoisotopic (exact) mass is 353 g/mol. The van der Waals surface area contributed by atoms with Crippen LogP contribution >= 0.6 is 0 Å². The maximum Gasteiger partial charge on any atom is 0.335 e. The van der Waals surface area contributed by atoms with Gasteiger partial charge in [0.15, 0.2) is 5.78 Å². The van der Waals surface area contributed by atoms with E-state index in [1.165, 1.54) is 12.1 Å². The number of ketones is 1. The van der Waals surface area contributed by atoms with Gasteiger partial charge in [0.05, 0.1) is 5.56 Å². The molecule has 0 spiro atoms. The van der Waals surface area contributed by atoms with Crippen LogP contribution in [-0.2, 0) is 4.79 Å². The Kier molecular flexibility index (Phi) is 3.40. The third kappa shape index (κ3) is 2.54. The molecule has 2 heterocycles. The Labute approximate surface area is 149 Å². The van der Waals surface area contributed by atoms with Crippen LogP contribution in [0.3, 0.4) is 0 Å². The summed E-state index contributed by atoms with van der Waals surface area (Å²) in [4.78, 5) is 28.3. The van der Waals surface area contributed by atoms with Crippen LogP contribution in [0.1, 0.15) is 48.7 Å². The van der Waals surface area contributed by atoms with Crippen molar-refractivity contribution in [1.29, 1.82) is 0 Å². The van der Waals surface area contributed by atoms with Gasteiger partial charge in [0.1, 0.15) is 6.04 Å². The van der Waals surface area contributed by atoms with Gasteiger partial charge >= 0.3 is 5.97 Å². The summed E-state index contributed by atoms with van der Waals surface area (Å²) in [5.41, 5.74) is 8.06. The lowest BCUT2D eigenvalue weighted by Crippen LogP contribution is -2.36. The van der Waals surface area contributed by atoms with Gasteiger partial charge in [-0.3, -0.25) is 4.79 Å². The molecule has 4 rings (SSSR count). The topological polar surface area (TPSA) is 123 Å². The normalized spacial score (nSPS) is 21.0. The third-order valence-electron chi connectivity index (χ3n) is 4.82. The van der Waals surface area contributed by atoms with Crippen molar-refractivity contribution in [2.24, 2.45) is 5.41 Å². The molecule has 1 aliphatic carbocycles. The van der Waals surface area contributed by atoms with E-state index < -0.39 is 12.0 Å². The Bertz CT molecular complexity index is 956. The zero-order valence-corrected chi connectivity index (χ0v) is 14.5. The van der Waals surface area contributed by atoms with Crippen molar-refractivity contribution in [3.8, 4) is 0 Å². The second-order valence-electron chi connectivity index (χ2n) is 7.53. The van der Waals surface area contributed by atoms with E-state index in [0.717, 1.165) is 11.3 Å². The first-order valence-corrected chi connectivity index (χ1v) is 8.34. The van der Waals surface area contributed by atoms with E-state index in [1.807, 2.05) is 0 Å². The van der Waals surface area contributed by atoms with E-state index in [2.05, 4.69) is 29.2 Å². The summed E-state index contributed by atoms with van der Waals surface area (Å²) >= 11 is 0. The summed E-state index contributed by atoms with van der Waals surface area (Å²) in [6.45, 7) is 4.11. The highest BCUT2D eigenvalue weighted by atomic mass is 16.4. The van der Waals surface area contributed by atoms with Gasteiger partial charge in [0, 0.05) is 17.7 Å². The van der Waals surface area contributed by atoms with Crippen LogP contribution in [0.4, 0.5) is 11.9 Å². The maximum absolute atomic E-state index is 12.9. The lowest BCUT2D eigenvalue weighted by Gasteiger charge is -2.38. The molecular formula is C18H19N5O3. The molecular weight excluding hydrogens is 334 g/mol. The minimum Gasteiger partial charge on any atom is -0.478 e. The average Bonchev–Trinajstić information content (AvgIpc) is 2.91. The molecule has 0 saturated heterocycles. The maximum atomic E-state index is 12.9. The molecule has 4 N–H and O–H groups in total. The van der Waals surface area contributed by atoms with Crippen molar-refractivity contribution in [2.75, 3.05) is 11.1 Å². The van der Waals surface area contributed by atoms with E-state index in [0.29, 0.717) is 24.4 Å². The molecule has 1 aromatic heterocycles. The fourth-order valence-electron chi connectivity index (χ4n) is 3.74. The van der Waals surface area contributed by atoms with Crippen LogP contribution < -0.4 is 11.1 Å². The van der Waals surface area contributed by atoms with Crippen LogP contribution in [0.5, 0.6) is 0 Å². The Morgan fingerprint density at radius 1 is 1.31 bits per heavy atom.